The van der Waals surface area contributed by atoms with Crippen LogP contribution in [0, 0.1) is 6.92 Å². The molecule has 1 N–H and O–H groups in total. The van der Waals surface area contributed by atoms with Gasteiger partial charge in [0.15, 0.2) is 0 Å². The van der Waals surface area contributed by atoms with E-state index in [1.807, 2.05) is 11.3 Å². The molecule has 0 radical (unpaired) electrons. The highest BCUT2D eigenvalue weighted by molar-refractivity contribution is 9.11. The van der Waals surface area contributed by atoms with Gasteiger partial charge in [0.1, 0.15) is 0 Å². The van der Waals surface area contributed by atoms with Crippen LogP contribution in [0.1, 0.15) is 29.0 Å². The van der Waals surface area contributed by atoms with Crippen LogP contribution in [0.5, 0.6) is 0 Å². The van der Waals surface area contributed by atoms with Crippen LogP contribution < -0.4 is 5.32 Å². The Morgan fingerprint density at radius 3 is 2.81 bits per heavy atom. The van der Waals surface area contributed by atoms with Gasteiger partial charge in [-0.15, -0.1) is 22.7 Å². The van der Waals surface area contributed by atoms with Gasteiger partial charge in [0, 0.05) is 17.5 Å². The first kappa shape index (κ1) is 12.3. The van der Waals surface area contributed by atoms with Crippen LogP contribution in [-0.2, 0) is 6.54 Å². The van der Waals surface area contributed by atoms with Gasteiger partial charge in [-0.3, -0.25) is 0 Å². The SMILES string of the molecule is Cc1ccsc1C(C)NCc1csc(Br)c1. The van der Waals surface area contributed by atoms with Gasteiger partial charge in [0.2, 0.25) is 0 Å². The molecule has 0 fully saturated rings. The summed E-state index contributed by atoms with van der Waals surface area (Å²) in [4.78, 5) is 1.44. The highest BCUT2D eigenvalue weighted by atomic mass is 79.9. The molecule has 0 aliphatic carbocycles. The van der Waals surface area contributed by atoms with E-state index in [1.54, 1.807) is 11.3 Å². The molecule has 0 spiro atoms. The third-order valence-electron chi connectivity index (χ3n) is 2.53. The Morgan fingerprint density at radius 1 is 1.44 bits per heavy atom. The molecule has 4 heteroatoms. The van der Waals surface area contributed by atoms with Crippen molar-refractivity contribution in [2.75, 3.05) is 0 Å². The van der Waals surface area contributed by atoms with Crippen LogP contribution in [0.3, 0.4) is 0 Å². The van der Waals surface area contributed by atoms with E-state index in [9.17, 15) is 0 Å². The van der Waals surface area contributed by atoms with E-state index < -0.39 is 0 Å². The Balaban J connectivity index is 1.93. The zero-order valence-corrected chi connectivity index (χ0v) is 12.5. The van der Waals surface area contributed by atoms with Crippen molar-refractivity contribution in [3.05, 3.63) is 42.7 Å². The molecule has 2 heterocycles. The Hall–Kier alpha value is -0.160. The second-order valence-corrected chi connectivity index (χ2v) is 7.07. The first-order chi connectivity index (χ1) is 7.66. The summed E-state index contributed by atoms with van der Waals surface area (Å²) in [6.07, 6.45) is 0. The van der Waals surface area contributed by atoms with Gasteiger partial charge in [-0.1, -0.05) is 0 Å². The summed E-state index contributed by atoms with van der Waals surface area (Å²) >= 11 is 7.05. The van der Waals surface area contributed by atoms with Gasteiger partial charge in [-0.05, 0) is 63.8 Å². The van der Waals surface area contributed by atoms with Crippen LogP contribution in [0.2, 0.25) is 0 Å². The number of halogens is 1. The third kappa shape index (κ3) is 2.94. The molecule has 2 aromatic rings. The lowest BCUT2D eigenvalue weighted by molar-refractivity contribution is 0.581. The summed E-state index contributed by atoms with van der Waals surface area (Å²) in [5.41, 5.74) is 2.73. The van der Waals surface area contributed by atoms with Gasteiger partial charge < -0.3 is 5.32 Å². The smallest absolute Gasteiger partial charge is 0.0701 e. The van der Waals surface area contributed by atoms with Crippen molar-refractivity contribution in [3.63, 3.8) is 0 Å². The summed E-state index contributed by atoms with van der Waals surface area (Å²) in [5.74, 6) is 0. The van der Waals surface area contributed by atoms with Crippen LogP contribution in [-0.4, -0.2) is 0 Å². The maximum Gasteiger partial charge on any atom is 0.0701 e. The predicted octanol–water partition coefficient (Wildman–Crippen LogP) is 4.73. The van der Waals surface area contributed by atoms with E-state index in [0.717, 1.165) is 6.54 Å². The van der Waals surface area contributed by atoms with E-state index in [2.05, 4.69) is 58.0 Å². The fraction of sp³-hybridized carbons (Fsp3) is 0.333. The predicted molar refractivity (Wildman–Crippen MR) is 76.3 cm³/mol. The molecule has 0 amide bonds. The number of rotatable bonds is 4. The number of nitrogens with one attached hydrogen (secondary N) is 1. The van der Waals surface area contributed by atoms with Gasteiger partial charge in [0.25, 0.3) is 0 Å². The molecule has 0 saturated carbocycles. The zero-order chi connectivity index (χ0) is 11.5. The van der Waals surface area contributed by atoms with Gasteiger partial charge in [-0.2, -0.15) is 0 Å². The van der Waals surface area contributed by atoms with Crippen molar-refractivity contribution in [1.82, 2.24) is 5.32 Å². The molecule has 2 rings (SSSR count). The molecular formula is C12H14BrNS2. The molecule has 1 nitrogen and oxygen atoms in total. The van der Waals surface area contributed by atoms with Crippen molar-refractivity contribution in [2.24, 2.45) is 0 Å². The van der Waals surface area contributed by atoms with E-state index in [1.165, 1.54) is 19.8 Å². The van der Waals surface area contributed by atoms with Crippen LogP contribution in [0.15, 0.2) is 26.7 Å². The average molecular weight is 316 g/mol. The van der Waals surface area contributed by atoms with E-state index in [4.69, 9.17) is 0 Å². The summed E-state index contributed by atoms with van der Waals surface area (Å²) in [5, 5.41) is 7.89. The highest BCUT2D eigenvalue weighted by Crippen LogP contribution is 2.25. The van der Waals surface area contributed by atoms with Crippen molar-refractivity contribution in [1.29, 1.82) is 0 Å². The number of aryl methyl sites for hydroxylation is 1. The molecule has 2 aromatic heterocycles. The minimum absolute atomic E-state index is 0.429. The molecule has 0 aliphatic rings. The van der Waals surface area contributed by atoms with Gasteiger partial charge >= 0.3 is 0 Å². The lowest BCUT2D eigenvalue weighted by atomic mass is 10.2. The second-order valence-electron chi connectivity index (χ2n) is 3.83. The lowest BCUT2D eigenvalue weighted by Gasteiger charge is -2.12. The summed E-state index contributed by atoms with van der Waals surface area (Å²) in [6, 6.07) is 4.78. The Kier molecular flexibility index (Phi) is 4.19. The molecule has 1 unspecified atom stereocenters. The van der Waals surface area contributed by atoms with Crippen molar-refractivity contribution < 1.29 is 0 Å². The first-order valence-electron chi connectivity index (χ1n) is 5.17. The van der Waals surface area contributed by atoms with E-state index in [-0.39, 0.29) is 0 Å². The minimum Gasteiger partial charge on any atom is -0.305 e. The Bertz CT molecular complexity index is 461. The quantitative estimate of drug-likeness (QED) is 0.860. The zero-order valence-electron chi connectivity index (χ0n) is 9.29. The molecule has 1 atom stereocenters. The van der Waals surface area contributed by atoms with Crippen molar-refractivity contribution >= 4 is 38.6 Å². The Labute approximate surface area is 113 Å². The fourth-order valence-electron chi connectivity index (χ4n) is 1.63. The van der Waals surface area contributed by atoms with E-state index in [0.29, 0.717) is 6.04 Å². The van der Waals surface area contributed by atoms with Gasteiger partial charge in [-0.25, -0.2) is 0 Å². The lowest BCUT2D eigenvalue weighted by Crippen LogP contribution is -2.17. The second kappa shape index (κ2) is 5.45. The topological polar surface area (TPSA) is 12.0 Å². The maximum atomic E-state index is 3.55. The standard InChI is InChI=1S/C12H14BrNS2/c1-8-3-4-15-12(8)9(2)14-6-10-5-11(13)16-7-10/h3-5,7,9,14H,6H2,1-2H3. The molecule has 0 aromatic carbocycles. The highest BCUT2D eigenvalue weighted by Gasteiger charge is 2.09. The third-order valence-corrected chi connectivity index (χ3v) is 5.28. The molecule has 86 valence electrons. The average Bonchev–Trinajstić information content (AvgIpc) is 2.84. The first-order valence-corrected chi connectivity index (χ1v) is 7.72. The fourth-order valence-corrected chi connectivity index (χ4v) is 3.80. The monoisotopic (exact) mass is 315 g/mol. The number of thiophene rings is 2. The van der Waals surface area contributed by atoms with Crippen LogP contribution >= 0.6 is 38.6 Å². The largest absolute Gasteiger partial charge is 0.305 e. The summed E-state index contributed by atoms with van der Waals surface area (Å²) in [6.45, 7) is 5.33. The molecule has 16 heavy (non-hydrogen) atoms. The molecule has 0 bridgehead atoms. The molecular weight excluding hydrogens is 302 g/mol. The van der Waals surface area contributed by atoms with E-state index >= 15 is 0 Å². The molecule has 0 saturated heterocycles. The number of hydrogen-bond donors (Lipinski definition) is 1. The summed E-state index contributed by atoms with van der Waals surface area (Å²) in [7, 11) is 0. The minimum atomic E-state index is 0.429. The normalized spacial score (nSPS) is 12.9. The Morgan fingerprint density at radius 2 is 2.25 bits per heavy atom. The summed E-state index contributed by atoms with van der Waals surface area (Å²) < 4.78 is 1.20. The van der Waals surface area contributed by atoms with Crippen molar-refractivity contribution in [3.8, 4) is 0 Å². The maximum absolute atomic E-state index is 3.55. The van der Waals surface area contributed by atoms with Crippen LogP contribution in [0.25, 0.3) is 0 Å². The number of hydrogen-bond acceptors (Lipinski definition) is 3. The van der Waals surface area contributed by atoms with Crippen LogP contribution in [0.4, 0.5) is 0 Å². The molecule has 0 aliphatic heterocycles. The van der Waals surface area contributed by atoms with Crippen molar-refractivity contribution in [2.45, 2.75) is 26.4 Å². The van der Waals surface area contributed by atoms with Gasteiger partial charge in [0.05, 0.1) is 3.79 Å².